The van der Waals surface area contributed by atoms with Gasteiger partial charge in [0, 0.05) is 17.6 Å². The summed E-state index contributed by atoms with van der Waals surface area (Å²) < 4.78 is 5.27. The lowest BCUT2D eigenvalue weighted by atomic mass is 9.94. The third-order valence-corrected chi connectivity index (χ3v) is 5.01. The Balaban J connectivity index is 1.70. The van der Waals surface area contributed by atoms with Gasteiger partial charge in [-0.15, -0.1) is 0 Å². The maximum atomic E-state index is 12.8. The summed E-state index contributed by atoms with van der Waals surface area (Å²) in [7, 11) is 1.65. The van der Waals surface area contributed by atoms with E-state index in [0.717, 1.165) is 29.0 Å². The van der Waals surface area contributed by atoms with Crippen LogP contribution in [0, 0.1) is 5.41 Å². The van der Waals surface area contributed by atoms with Crippen molar-refractivity contribution in [3.63, 3.8) is 0 Å². The van der Waals surface area contributed by atoms with Crippen LogP contribution in [0.15, 0.2) is 48.5 Å². The SMILES string of the molecule is COc1cccc(-c2ccc(NC(=O)[C@H]3CCCN3C(=O)C(C)(C)C)cc2)c1. The number of methoxy groups -OCH3 is 1. The van der Waals surface area contributed by atoms with Crippen molar-refractivity contribution in [2.24, 2.45) is 5.41 Å². The molecule has 5 nitrogen and oxygen atoms in total. The molecule has 2 aromatic rings. The molecule has 2 aromatic carbocycles. The van der Waals surface area contributed by atoms with E-state index in [2.05, 4.69) is 5.32 Å². The fraction of sp³-hybridized carbons (Fsp3) is 0.391. The summed E-state index contributed by atoms with van der Waals surface area (Å²) in [6.07, 6.45) is 1.56. The van der Waals surface area contributed by atoms with Crippen molar-refractivity contribution in [1.29, 1.82) is 0 Å². The topological polar surface area (TPSA) is 58.6 Å². The van der Waals surface area contributed by atoms with Gasteiger partial charge in [-0.2, -0.15) is 0 Å². The fourth-order valence-electron chi connectivity index (χ4n) is 3.49. The van der Waals surface area contributed by atoms with Crippen LogP contribution in [0.2, 0.25) is 0 Å². The van der Waals surface area contributed by atoms with Gasteiger partial charge in [0.25, 0.3) is 0 Å². The molecule has 148 valence electrons. The van der Waals surface area contributed by atoms with Gasteiger partial charge in [-0.05, 0) is 48.2 Å². The Labute approximate surface area is 166 Å². The molecule has 1 N–H and O–H groups in total. The minimum absolute atomic E-state index is 0.0264. The number of nitrogens with one attached hydrogen (secondary N) is 1. The summed E-state index contributed by atoms with van der Waals surface area (Å²) in [5, 5.41) is 2.96. The number of hydrogen-bond acceptors (Lipinski definition) is 3. The van der Waals surface area contributed by atoms with E-state index in [1.807, 2.05) is 69.3 Å². The number of amides is 2. The zero-order valence-corrected chi connectivity index (χ0v) is 17.0. The fourth-order valence-corrected chi connectivity index (χ4v) is 3.49. The number of benzene rings is 2. The molecule has 0 spiro atoms. The van der Waals surface area contributed by atoms with Crippen molar-refractivity contribution >= 4 is 17.5 Å². The van der Waals surface area contributed by atoms with E-state index in [9.17, 15) is 9.59 Å². The van der Waals surface area contributed by atoms with E-state index in [0.29, 0.717) is 13.0 Å². The number of carbonyl (C=O) groups excluding carboxylic acids is 2. The van der Waals surface area contributed by atoms with Gasteiger partial charge in [0.15, 0.2) is 0 Å². The second kappa shape index (κ2) is 8.05. The average molecular weight is 380 g/mol. The van der Waals surface area contributed by atoms with Crippen LogP contribution in [-0.4, -0.2) is 36.4 Å². The predicted octanol–water partition coefficient (Wildman–Crippen LogP) is 4.34. The van der Waals surface area contributed by atoms with Crippen LogP contribution >= 0.6 is 0 Å². The molecule has 0 aromatic heterocycles. The number of likely N-dealkylation sites (tertiary alicyclic amines) is 1. The Morgan fingerprint density at radius 2 is 1.79 bits per heavy atom. The lowest BCUT2D eigenvalue weighted by Gasteiger charge is -2.30. The quantitative estimate of drug-likeness (QED) is 0.858. The summed E-state index contributed by atoms with van der Waals surface area (Å²) >= 11 is 0. The van der Waals surface area contributed by atoms with Gasteiger partial charge in [-0.3, -0.25) is 9.59 Å². The minimum atomic E-state index is -0.485. The molecule has 0 saturated carbocycles. The van der Waals surface area contributed by atoms with Gasteiger partial charge in [0.05, 0.1) is 7.11 Å². The Bertz CT molecular complexity index is 853. The second-order valence-electron chi connectivity index (χ2n) is 8.21. The van der Waals surface area contributed by atoms with Crippen LogP contribution in [0.3, 0.4) is 0 Å². The normalized spacial score (nSPS) is 16.7. The zero-order chi connectivity index (χ0) is 20.3. The smallest absolute Gasteiger partial charge is 0.247 e. The van der Waals surface area contributed by atoms with E-state index in [4.69, 9.17) is 4.74 Å². The van der Waals surface area contributed by atoms with Crippen LogP contribution < -0.4 is 10.1 Å². The van der Waals surface area contributed by atoms with Crippen LogP contribution in [0.1, 0.15) is 33.6 Å². The number of nitrogens with zero attached hydrogens (tertiary/aromatic N) is 1. The van der Waals surface area contributed by atoms with Crippen molar-refractivity contribution in [3.8, 4) is 16.9 Å². The maximum Gasteiger partial charge on any atom is 0.247 e. The highest BCUT2D eigenvalue weighted by Crippen LogP contribution is 2.28. The summed E-state index contributed by atoms with van der Waals surface area (Å²) in [6.45, 7) is 6.31. The molecule has 1 saturated heterocycles. The summed E-state index contributed by atoms with van der Waals surface area (Å²) in [4.78, 5) is 27.1. The standard InChI is InChI=1S/C23H28N2O3/c1-23(2,3)22(27)25-14-6-9-20(25)21(26)24-18-12-10-16(11-13-18)17-7-5-8-19(15-17)28-4/h5,7-8,10-13,15,20H,6,9,14H2,1-4H3,(H,24,26)/t20-/m1/s1. The largest absolute Gasteiger partial charge is 0.497 e. The molecule has 5 heteroatoms. The molecule has 1 atom stereocenters. The third kappa shape index (κ3) is 4.35. The first-order valence-corrected chi connectivity index (χ1v) is 9.66. The average Bonchev–Trinajstić information content (AvgIpc) is 3.17. The molecule has 2 amide bonds. The Kier molecular flexibility index (Phi) is 5.73. The molecule has 0 unspecified atom stereocenters. The van der Waals surface area contributed by atoms with E-state index in [1.54, 1.807) is 12.0 Å². The number of hydrogen-bond donors (Lipinski definition) is 1. The summed E-state index contributed by atoms with van der Waals surface area (Å²) in [5.74, 6) is 0.711. The molecule has 3 rings (SSSR count). The third-order valence-electron chi connectivity index (χ3n) is 5.01. The van der Waals surface area contributed by atoms with Gasteiger partial charge < -0.3 is 15.0 Å². The van der Waals surface area contributed by atoms with Crippen molar-refractivity contribution < 1.29 is 14.3 Å². The monoisotopic (exact) mass is 380 g/mol. The predicted molar refractivity (Wildman–Crippen MR) is 111 cm³/mol. The lowest BCUT2D eigenvalue weighted by molar-refractivity contribution is -0.143. The van der Waals surface area contributed by atoms with Crippen molar-refractivity contribution in [2.45, 2.75) is 39.7 Å². The van der Waals surface area contributed by atoms with Gasteiger partial charge in [-0.1, -0.05) is 45.0 Å². The number of carbonyl (C=O) groups is 2. The molecule has 0 bridgehead atoms. The van der Waals surface area contributed by atoms with Gasteiger partial charge in [-0.25, -0.2) is 0 Å². The van der Waals surface area contributed by atoms with E-state index in [-0.39, 0.29) is 11.8 Å². The van der Waals surface area contributed by atoms with E-state index >= 15 is 0 Å². The molecule has 1 heterocycles. The number of rotatable bonds is 4. The molecule has 1 aliphatic rings. The first-order valence-electron chi connectivity index (χ1n) is 9.66. The molecular formula is C23H28N2O3. The molecule has 0 radical (unpaired) electrons. The van der Waals surface area contributed by atoms with E-state index in [1.165, 1.54) is 0 Å². The lowest BCUT2D eigenvalue weighted by Crippen LogP contribution is -2.47. The highest BCUT2D eigenvalue weighted by molar-refractivity contribution is 5.98. The Hall–Kier alpha value is -2.82. The molecule has 0 aliphatic carbocycles. The molecule has 1 fully saturated rings. The van der Waals surface area contributed by atoms with Crippen LogP contribution in [0.25, 0.3) is 11.1 Å². The van der Waals surface area contributed by atoms with Gasteiger partial charge in [0.2, 0.25) is 11.8 Å². The highest BCUT2D eigenvalue weighted by Gasteiger charge is 2.38. The van der Waals surface area contributed by atoms with Crippen molar-refractivity contribution in [1.82, 2.24) is 4.90 Å². The number of anilines is 1. The van der Waals surface area contributed by atoms with Crippen molar-refractivity contribution in [2.75, 3.05) is 19.0 Å². The molecule has 28 heavy (non-hydrogen) atoms. The zero-order valence-electron chi connectivity index (χ0n) is 17.0. The van der Waals surface area contributed by atoms with E-state index < -0.39 is 11.5 Å². The Morgan fingerprint density at radius 3 is 2.43 bits per heavy atom. The van der Waals surface area contributed by atoms with Crippen LogP contribution in [0.4, 0.5) is 5.69 Å². The first-order chi connectivity index (χ1) is 13.3. The first kappa shape index (κ1) is 19.9. The second-order valence-corrected chi connectivity index (χ2v) is 8.21. The van der Waals surface area contributed by atoms with Crippen LogP contribution in [-0.2, 0) is 9.59 Å². The maximum absolute atomic E-state index is 12.8. The molecular weight excluding hydrogens is 352 g/mol. The Morgan fingerprint density at radius 1 is 1.07 bits per heavy atom. The highest BCUT2D eigenvalue weighted by atomic mass is 16.5. The summed E-state index contributed by atoms with van der Waals surface area (Å²) in [5.41, 5.74) is 2.34. The molecule has 1 aliphatic heterocycles. The van der Waals surface area contributed by atoms with Gasteiger partial charge >= 0.3 is 0 Å². The number of ether oxygens (including phenoxy) is 1. The van der Waals surface area contributed by atoms with Crippen molar-refractivity contribution in [3.05, 3.63) is 48.5 Å². The minimum Gasteiger partial charge on any atom is -0.497 e. The summed E-state index contributed by atoms with van der Waals surface area (Å²) in [6, 6.07) is 15.2. The van der Waals surface area contributed by atoms with Crippen LogP contribution in [0.5, 0.6) is 5.75 Å². The van der Waals surface area contributed by atoms with Gasteiger partial charge in [0.1, 0.15) is 11.8 Å².